The Bertz CT molecular complexity index is 376. The van der Waals surface area contributed by atoms with Crippen LogP contribution in [0.2, 0.25) is 0 Å². The molecule has 1 aromatic heterocycles. The molecule has 1 saturated heterocycles. The molecule has 2 heterocycles. The molecule has 88 valence electrons. The van der Waals surface area contributed by atoms with E-state index < -0.39 is 13.9 Å². The van der Waals surface area contributed by atoms with Crippen LogP contribution in [0.4, 0.5) is 4.39 Å². The summed E-state index contributed by atoms with van der Waals surface area (Å²) in [4.78, 5) is 0. The Morgan fingerprint density at radius 1 is 1.31 bits per heavy atom. The van der Waals surface area contributed by atoms with Gasteiger partial charge in [0.15, 0.2) is 6.80 Å². The van der Waals surface area contributed by atoms with Gasteiger partial charge in [-0.1, -0.05) is 0 Å². The highest BCUT2D eigenvalue weighted by molar-refractivity contribution is 6.61. The highest BCUT2D eigenvalue weighted by Crippen LogP contribution is 2.36. The minimum Gasteiger partial charge on any atom is -0.399 e. The SMILES string of the molecule is CC1(C)OB(c2cnn(CF)c2)OC1(C)C. The quantitative estimate of drug-likeness (QED) is 0.708. The van der Waals surface area contributed by atoms with E-state index in [0.717, 1.165) is 5.46 Å². The molecule has 0 aliphatic carbocycles. The number of hydrogen-bond acceptors (Lipinski definition) is 3. The van der Waals surface area contributed by atoms with Crippen molar-refractivity contribution in [1.82, 2.24) is 9.78 Å². The summed E-state index contributed by atoms with van der Waals surface area (Å²) in [5.74, 6) is 0. The van der Waals surface area contributed by atoms with Crippen LogP contribution >= 0.6 is 0 Å². The number of rotatable bonds is 2. The van der Waals surface area contributed by atoms with E-state index in [2.05, 4.69) is 5.10 Å². The third-order valence-corrected chi connectivity index (χ3v) is 3.30. The molecule has 1 aliphatic heterocycles. The lowest BCUT2D eigenvalue weighted by Gasteiger charge is -2.32. The molecule has 0 amide bonds. The van der Waals surface area contributed by atoms with E-state index in [1.54, 1.807) is 12.4 Å². The molecule has 0 aromatic carbocycles. The summed E-state index contributed by atoms with van der Waals surface area (Å²) in [7, 11) is -0.467. The van der Waals surface area contributed by atoms with Gasteiger partial charge in [0, 0.05) is 17.9 Å². The summed E-state index contributed by atoms with van der Waals surface area (Å²) in [5, 5.41) is 3.86. The van der Waals surface area contributed by atoms with Crippen molar-refractivity contribution in [1.29, 1.82) is 0 Å². The lowest BCUT2D eigenvalue weighted by atomic mass is 9.82. The van der Waals surface area contributed by atoms with E-state index >= 15 is 0 Å². The van der Waals surface area contributed by atoms with Crippen molar-refractivity contribution in [3.05, 3.63) is 12.4 Å². The van der Waals surface area contributed by atoms with Crippen LogP contribution in [0, 0.1) is 0 Å². The van der Waals surface area contributed by atoms with E-state index in [9.17, 15) is 4.39 Å². The monoisotopic (exact) mass is 226 g/mol. The van der Waals surface area contributed by atoms with Gasteiger partial charge in [-0.05, 0) is 27.7 Å². The summed E-state index contributed by atoms with van der Waals surface area (Å²) in [6.45, 7) is 7.28. The first kappa shape index (κ1) is 11.6. The second-order valence-electron chi connectivity index (χ2n) is 5.02. The first-order valence-electron chi connectivity index (χ1n) is 5.30. The number of halogens is 1. The molecule has 0 unspecified atom stereocenters. The molecule has 2 rings (SSSR count). The average molecular weight is 226 g/mol. The third-order valence-electron chi connectivity index (χ3n) is 3.30. The Hall–Kier alpha value is -0.875. The second-order valence-corrected chi connectivity index (χ2v) is 5.02. The fourth-order valence-corrected chi connectivity index (χ4v) is 1.55. The van der Waals surface area contributed by atoms with Crippen molar-refractivity contribution in [3.8, 4) is 0 Å². The standard InChI is InChI=1S/C10H16BFN2O2/c1-9(2)10(3,4)16-11(15-9)8-5-13-14(6-8)7-12/h5-6H,7H2,1-4H3. The normalized spacial score (nSPS) is 22.7. The largest absolute Gasteiger partial charge is 0.498 e. The molecule has 1 aromatic rings. The smallest absolute Gasteiger partial charge is 0.399 e. The molecule has 0 spiro atoms. The summed E-state index contributed by atoms with van der Waals surface area (Å²) < 4.78 is 25.2. The first-order valence-corrected chi connectivity index (χ1v) is 5.30. The van der Waals surface area contributed by atoms with E-state index in [0.29, 0.717) is 0 Å². The highest BCUT2D eigenvalue weighted by Gasteiger charge is 2.52. The van der Waals surface area contributed by atoms with Crippen molar-refractivity contribution in [2.45, 2.75) is 45.7 Å². The zero-order valence-electron chi connectivity index (χ0n) is 10.0. The average Bonchev–Trinajstić information content (AvgIpc) is 2.70. The van der Waals surface area contributed by atoms with Crippen LogP contribution in [0.5, 0.6) is 0 Å². The summed E-state index contributed by atoms with van der Waals surface area (Å²) in [6.07, 6.45) is 3.17. The van der Waals surface area contributed by atoms with Crippen LogP contribution in [0.15, 0.2) is 12.4 Å². The lowest BCUT2D eigenvalue weighted by Crippen LogP contribution is -2.41. The lowest BCUT2D eigenvalue weighted by molar-refractivity contribution is 0.00578. The van der Waals surface area contributed by atoms with Crippen LogP contribution in [0.3, 0.4) is 0 Å². The van der Waals surface area contributed by atoms with E-state index in [-0.39, 0.29) is 11.2 Å². The number of aromatic nitrogens is 2. The maximum Gasteiger partial charge on any atom is 0.498 e. The maximum atomic E-state index is 12.3. The van der Waals surface area contributed by atoms with E-state index in [1.165, 1.54) is 4.68 Å². The van der Waals surface area contributed by atoms with Crippen molar-refractivity contribution in [2.24, 2.45) is 0 Å². The zero-order valence-corrected chi connectivity index (χ0v) is 10.0. The topological polar surface area (TPSA) is 36.3 Å². The van der Waals surface area contributed by atoms with Crippen molar-refractivity contribution >= 4 is 12.6 Å². The third kappa shape index (κ3) is 1.76. The van der Waals surface area contributed by atoms with Crippen LogP contribution in [0.25, 0.3) is 0 Å². The second kappa shape index (κ2) is 3.57. The van der Waals surface area contributed by atoms with Gasteiger partial charge in [0.25, 0.3) is 0 Å². The van der Waals surface area contributed by atoms with Crippen LogP contribution in [-0.2, 0) is 16.1 Å². The van der Waals surface area contributed by atoms with Crippen molar-refractivity contribution < 1.29 is 13.7 Å². The van der Waals surface area contributed by atoms with Gasteiger partial charge in [-0.2, -0.15) is 5.10 Å². The molecular formula is C10H16BFN2O2. The molecular weight excluding hydrogens is 210 g/mol. The Balaban J connectivity index is 2.20. The fourth-order valence-electron chi connectivity index (χ4n) is 1.55. The molecule has 6 heteroatoms. The van der Waals surface area contributed by atoms with Crippen LogP contribution in [-0.4, -0.2) is 28.1 Å². The van der Waals surface area contributed by atoms with Crippen LogP contribution in [0.1, 0.15) is 27.7 Å². The minimum absolute atomic E-state index is 0.379. The molecule has 1 fully saturated rings. The predicted octanol–water partition coefficient (Wildman–Crippen LogP) is 1.11. The Morgan fingerprint density at radius 2 is 1.88 bits per heavy atom. The van der Waals surface area contributed by atoms with Gasteiger partial charge in [0.05, 0.1) is 11.2 Å². The summed E-state index contributed by atoms with van der Waals surface area (Å²) in [6, 6.07) is 0. The first-order chi connectivity index (χ1) is 7.36. The molecule has 0 radical (unpaired) electrons. The fraction of sp³-hybridized carbons (Fsp3) is 0.700. The summed E-state index contributed by atoms with van der Waals surface area (Å²) in [5.41, 5.74) is -0.0124. The molecule has 0 bridgehead atoms. The van der Waals surface area contributed by atoms with Crippen molar-refractivity contribution in [3.63, 3.8) is 0 Å². The van der Waals surface area contributed by atoms with Gasteiger partial charge < -0.3 is 9.31 Å². The van der Waals surface area contributed by atoms with Gasteiger partial charge in [-0.25, -0.2) is 9.07 Å². The molecule has 16 heavy (non-hydrogen) atoms. The zero-order chi connectivity index (χ0) is 12.0. The Labute approximate surface area is 94.9 Å². The maximum absolute atomic E-state index is 12.3. The van der Waals surface area contributed by atoms with E-state index in [1.807, 2.05) is 27.7 Å². The van der Waals surface area contributed by atoms with Crippen LogP contribution < -0.4 is 5.46 Å². The molecule has 0 saturated carbocycles. The van der Waals surface area contributed by atoms with Gasteiger partial charge in [0.2, 0.25) is 0 Å². The number of hydrogen-bond donors (Lipinski definition) is 0. The van der Waals surface area contributed by atoms with Gasteiger partial charge in [-0.3, -0.25) is 0 Å². The molecule has 1 aliphatic rings. The molecule has 0 atom stereocenters. The number of nitrogens with zero attached hydrogens (tertiary/aromatic N) is 2. The minimum atomic E-state index is -0.639. The van der Waals surface area contributed by atoms with Crippen molar-refractivity contribution in [2.75, 3.05) is 0 Å². The van der Waals surface area contributed by atoms with Gasteiger partial charge >= 0.3 is 7.12 Å². The number of alkyl halides is 1. The van der Waals surface area contributed by atoms with Gasteiger partial charge in [0.1, 0.15) is 0 Å². The summed E-state index contributed by atoms with van der Waals surface area (Å²) >= 11 is 0. The Morgan fingerprint density at radius 3 is 2.31 bits per heavy atom. The predicted molar refractivity (Wildman–Crippen MR) is 59.1 cm³/mol. The van der Waals surface area contributed by atoms with Gasteiger partial charge in [-0.15, -0.1) is 0 Å². The molecule has 0 N–H and O–H groups in total. The molecule has 4 nitrogen and oxygen atoms in total. The highest BCUT2D eigenvalue weighted by atomic mass is 19.1. The van der Waals surface area contributed by atoms with E-state index in [4.69, 9.17) is 9.31 Å². The Kier molecular flexibility index (Phi) is 2.59.